The van der Waals surface area contributed by atoms with Gasteiger partial charge in [-0.25, -0.2) is 9.48 Å². The van der Waals surface area contributed by atoms with Crippen molar-refractivity contribution in [2.45, 2.75) is 25.8 Å². The van der Waals surface area contributed by atoms with E-state index in [0.29, 0.717) is 6.42 Å². The van der Waals surface area contributed by atoms with Gasteiger partial charge in [0.25, 0.3) is 0 Å². The molecule has 0 radical (unpaired) electrons. The summed E-state index contributed by atoms with van der Waals surface area (Å²) in [5, 5.41) is 6.93. The van der Waals surface area contributed by atoms with Gasteiger partial charge in [0.05, 0.1) is 19.0 Å². The molecule has 1 heterocycles. The molecule has 24 heavy (non-hydrogen) atoms. The van der Waals surface area contributed by atoms with Gasteiger partial charge in [0.15, 0.2) is 0 Å². The smallest absolute Gasteiger partial charge is 0.331 e. The number of aromatic nitrogens is 2. The zero-order valence-electron chi connectivity index (χ0n) is 14.0. The molecule has 0 spiro atoms. The fourth-order valence-electron chi connectivity index (χ4n) is 2.14. The van der Waals surface area contributed by atoms with Crippen molar-refractivity contribution in [3.8, 4) is 5.69 Å². The quantitative estimate of drug-likeness (QED) is 0.653. The molecule has 0 aliphatic heterocycles. The minimum Gasteiger partial charge on any atom is -0.467 e. The highest BCUT2D eigenvalue weighted by atomic mass is 16.5. The summed E-state index contributed by atoms with van der Waals surface area (Å²) >= 11 is 0. The van der Waals surface area contributed by atoms with Crippen molar-refractivity contribution < 1.29 is 14.3 Å². The third kappa shape index (κ3) is 4.10. The zero-order valence-corrected chi connectivity index (χ0v) is 14.0. The molecular weight excluding hydrogens is 306 g/mol. The van der Waals surface area contributed by atoms with Crippen LogP contribution in [0.3, 0.4) is 0 Å². The lowest BCUT2D eigenvalue weighted by Gasteiger charge is -2.25. The lowest BCUT2D eigenvalue weighted by atomic mass is 9.99. The Morgan fingerprint density at radius 3 is 2.67 bits per heavy atom. The molecule has 1 aromatic heterocycles. The number of benzene rings is 1. The Hall–Kier alpha value is -2.89. The van der Waals surface area contributed by atoms with Gasteiger partial charge in [0.1, 0.15) is 5.54 Å². The Kier molecular flexibility index (Phi) is 5.52. The number of hydrogen-bond acceptors (Lipinski definition) is 4. The van der Waals surface area contributed by atoms with Gasteiger partial charge in [-0.2, -0.15) is 5.10 Å². The molecule has 1 N–H and O–H groups in total. The van der Waals surface area contributed by atoms with Crippen LogP contribution in [0.25, 0.3) is 11.8 Å². The predicted octanol–water partition coefficient (Wildman–Crippen LogP) is 2.34. The van der Waals surface area contributed by atoms with Crippen molar-refractivity contribution in [2.24, 2.45) is 0 Å². The molecule has 0 unspecified atom stereocenters. The summed E-state index contributed by atoms with van der Waals surface area (Å²) in [4.78, 5) is 23.8. The molecule has 0 aliphatic rings. The number of esters is 1. The molecule has 2 aromatic rings. The van der Waals surface area contributed by atoms with Gasteiger partial charge >= 0.3 is 5.97 Å². The molecule has 1 atom stereocenters. The predicted molar refractivity (Wildman–Crippen MR) is 91.5 cm³/mol. The molecule has 6 heteroatoms. The van der Waals surface area contributed by atoms with Crippen LogP contribution in [0.4, 0.5) is 0 Å². The van der Waals surface area contributed by atoms with E-state index in [1.807, 2.05) is 43.5 Å². The standard InChI is InChI=1S/C18H21N3O3/c1-4-18(2,17(23)24-3)20-16(22)11-10-14-12-19-21(13-14)15-8-6-5-7-9-15/h5-13H,4H2,1-3H3,(H,20,22)/b11-10+/t18-/m1/s1. The third-order valence-electron chi connectivity index (χ3n) is 3.79. The Morgan fingerprint density at radius 1 is 1.33 bits per heavy atom. The summed E-state index contributed by atoms with van der Waals surface area (Å²) in [6, 6.07) is 9.67. The number of carbonyl (C=O) groups is 2. The summed E-state index contributed by atoms with van der Waals surface area (Å²) in [7, 11) is 1.30. The van der Waals surface area contributed by atoms with Gasteiger partial charge in [0, 0.05) is 17.8 Å². The van der Waals surface area contributed by atoms with E-state index in [1.165, 1.54) is 13.2 Å². The second kappa shape index (κ2) is 7.59. The van der Waals surface area contributed by atoms with Gasteiger partial charge in [0.2, 0.25) is 5.91 Å². The van der Waals surface area contributed by atoms with E-state index < -0.39 is 11.5 Å². The average Bonchev–Trinajstić information content (AvgIpc) is 3.09. The summed E-state index contributed by atoms with van der Waals surface area (Å²) in [5.41, 5.74) is 0.681. The van der Waals surface area contributed by atoms with Crippen molar-refractivity contribution in [1.82, 2.24) is 15.1 Å². The minimum atomic E-state index is -1.04. The van der Waals surface area contributed by atoms with Gasteiger partial charge in [-0.05, 0) is 31.6 Å². The summed E-state index contributed by atoms with van der Waals surface area (Å²) < 4.78 is 6.46. The molecule has 2 rings (SSSR count). The number of methoxy groups -OCH3 is 1. The molecule has 0 fully saturated rings. The fourth-order valence-corrected chi connectivity index (χ4v) is 2.14. The van der Waals surface area contributed by atoms with Gasteiger partial charge in [-0.1, -0.05) is 25.1 Å². The van der Waals surface area contributed by atoms with E-state index in [2.05, 4.69) is 10.4 Å². The SMILES string of the molecule is CC[C@@](C)(NC(=O)/C=C/c1cnn(-c2ccccc2)c1)C(=O)OC. The van der Waals surface area contributed by atoms with Gasteiger partial charge in [-0.3, -0.25) is 4.79 Å². The first-order valence-electron chi connectivity index (χ1n) is 7.67. The highest BCUT2D eigenvalue weighted by molar-refractivity contribution is 5.95. The second-order valence-corrected chi connectivity index (χ2v) is 5.55. The summed E-state index contributed by atoms with van der Waals surface area (Å²) in [6.45, 7) is 3.45. The maximum atomic E-state index is 12.1. The van der Waals surface area contributed by atoms with Crippen LogP contribution in [-0.4, -0.2) is 34.3 Å². The largest absolute Gasteiger partial charge is 0.467 e. The number of hydrogen-bond donors (Lipinski definition) is 1. The first-order valence-corrected chi connectivity index (χ1v) is 7.67. The Balaban J connectivity index is 2.04. The van der Waals surface area contributed by atoms with E-state index in [-0.39, 0.29) is 5.91 Å². The van der Waals surface area contributed by atoms with E-state index in [9.17, 15) is 9.59 Å². The zero-order chi connectivity index (χ0) is 17.6. The number of ether oxygens (including phenoxy) is 1. The molecule has 1 amide bonds. The maximum Gasteiger partial charge on any atom is 0.331 e. The van der Waals surface area contributed by atoms with E-state index >= 15 is 0 Å². The first kappa shape index (κ1) is 17.5. The van der Waals surface area contributed by atoms with Gasteiger partial charge in [-0.15, -0.1) is 0 Å². The maximum absolute atomic E-state index is 12.1. The lowest BCUT2D eigenvalue weighted by Crippen LogP contribution is -2.51. The van der Waals surface area contributed by atoms with Crippen LogP contribution in [0.2, 0.25) is 0 Å². The molecule has 0 aliphatic carbocycles. The highest BCUT2D eigenvalue weighted by Crippen LogP contribution is 2.12. The number of carbonyl (C=O) groups excluding carboxylic acids is 2. The normalized spacial score (nSPS) is 13.5. The molecule has 1 aromatic carbocycles. The Labute approximate surface area is 141 Å². The van der Waals surface area contributed by atoms with E-state index in [4.69, 9.17) is 4.74 Å². The monoisotopic (exact) mass is 327 g/mol. The van der Waals surface area contributed by atoms with Crippen molar-refractivity contribution in [3.05, 3.63) is 54.4 Å². The topological polar surface area (TPSA) is 73.2 Å². The van der Waals surface area contributed by atoms with Crippen molar-refractivity contribution in [1.29, 1.82) is 0 Å². The minimum absolute atomic E-state index is 0.364. The molecule has 6 nitrogen and oxygen atoms in total. The molecule has 0 saturated heterocycles. The fraction of sp³-hybridized carbons (Fsp3) is 0.278. The number of nitrogens with one attached hydrogen (secondary N) is 1. The molecular formula is C18H21N3O3. The van der Waals surface area contributed by atoms with Crippen LogP contribution in [0.15, 0.2) is 48.8 Å². The molecule has 126 valence electrons. The molecule has 0 saturated carbocycles. The highest BCUT2D eigenvalue weighted by Gasteiger charge is 2.33. The van der Waals surface area contributed by atoms with Crippen molar-refractivity contribution >= 4 is 18.0 Å². The second-order valence-electron chi connectivity index (χ2n) is 5.55. The average molecular weight is 327 g/mol. The lowest BCUT2D eigenvalue weighted by molar-refractivity contribution is -0.149. The molecule has 0 bridgehead atoms. The summed E-state index contributed by atoms with van der Waals surface area (Å²) in [6.07, 6.45) is 6.94. The third-order valence-corrected chi connectivity index (χ3v) is 3.79. The van der Waals surface area contributed by atoms with Crippen LogP contribution in [0, 0.1) is 0 Å². The number of para-hydroxylation sites is 1. The first-order chi connectivity index (χ1) is 11.5. The van der Waals surface area contributed by atoms with Crippen LogP contribution in [0.1, 0.15) is 25.8 Å². The Morgan fingerprint density at radius 2 is 2.04 bits per heavy atom. The number of amides is 1. The van der Waals surface area contributed by atoms with Crippen molar-refractivity contribution in [2.75, 3.05) is 7.11 Å². The van der Waals surface area contributed by atoms with Crippen LogP contribution >= 0.6 is 0 Å². The number of nitrogens with zero attached hydrogens (tertiary/aromatic N) is 2. The van der Waals surface area contributed by atoms with Crippen LogP contribution in [0.5, 0.6) is 0 Å². The van der Waals surface area contributed by atoms with Crippen LogP contribution in [-0.2, 0) is 14.3 Å². The van der Waals surface area contributed by atoms with Gasteiger partial charge < -0.3 is 10.1 Å². The Bertz CT molecular complexity index is 737. The summed E-state index contributed by atoms with van der Waals surface area (Å²) in [5.74, 6) is -0.833. The van der Waals surface area contributed by atoms with E-state index in [0.717, 1.165) is 11.3 Å². The van der Waals surface area contributed by atoms with Crippen molar-refractivity contribution in [3.63, 3.8) is 0 Å². The van der Waals surface area contributed by atoms with E-state index in [1.54, 1.807) is 23.9 Å². The van der Waals surface area contributed by atoms with Crippen LogP contribution < -0.4 is 5.32 Å². The number of rotatable bonds is 6.